The monoisotopic (exact) mass is 378 g/mol. The van der Waals surface area contributed by atoms with Crippen molar-refractivity contribution >= 4 is 27.8 Å². The highest BCUT2D eigenvalue weighted by atomic mass is 32.1. The molecule has 0 fully saturated rings. The first-order valence-electron chi connectivity index (χ1n) is 8.98. The third kappa shape index (κ3) is 3.83. The lowest BCUT2D eigenvalue weighted by Crippen LogP contribution is -2.34. The van der Waals surface area contributed by atoms with E-state index >= 15 is 0 Å². The van der Waals surface area contributed by atoms with Gasteiger partial charge in [-0.05, 0) is 36.6 Å². The number of ether oxygens (including phenoxy) is 2. The van der Waals surface area contributed by atoms with E-state index in [0.717, 1.165) is 28.9 Å². The first-order valence-corrected chi connectivity index (χ1v) is 9.86. The number of hydrogen-bond donors (Lipinski definition) is 0. The van der Waals surface area contributed by atoms with Crippen LogP contribution in [0.4, 0.5) is 0 Å². The third-order valence-corrected chi connectivity index (χ3v) is 5.60. The van der Waals surface area contributed by atoms with E-state index in [0.29, 0.717) is 6.61 Å². The van der Waals surface area contributed by atoms with E-state index in [9.17, 15) is 0 Å². The minimum atomic E-state index is 0.256. The van der Waals surface area contributed by atoms with E-state index in [4.69, 9.17) is 9.47 Å². The molecule has 0 amide bonds. The first-order chi connectivity index (χ1) is 13.2. The maximum atomic E-state index is 6.16. The Morgan fingerprint density at radius 3 is 3.00 bits per heavy atom. The Hall–Kier alpha value is -2.79. The van der Waals surface area contributed by atoms with Crippen LogP contribution in [0, 0.1) is 0 Å². The normalized spacial score (nSPS) is 14.9. The van der Waals surface area contributed by atoms with Crippen molar-refractivity contribution in [2.24, 2.45) is 0 Å². The Balaban J connectivity index is 1.47. The van der Waals surface area contributed by atoms with Crippen LogP contribution in [0.5, 0.6) is 11.5 Å². The fourth-order valence-corrected chi connectivity index (χ4v) is 3.85. The molecule has 1 unspecified atom stereocenters. The second-order valence-corrected chi connectivity index (χ2v) is 7.46. The molecule has 1 aliphatic heterocycles. The molecule has 0 N–H and O–H groups in total. The number of hydrogen-bond acceptors (Lipinski definition) is 5. The molecular formula is C22H22N2O2S. The highest BCUT2D eigenvalue weighted by molar-refractivity contribution is 7.11. The molecule has 0 saturated heterocycles. The number of benzene rings is 1. The average molecular weight is 378 g/mol. The zero-order valence-corrected chi connectivity index (χ0v) is 16.3. The molecule has 3 heterocycles. The van der Waals surface area contributed by atoms with Gasteiger partial charge in [-0.25, -0.2) is 0 Å². The third-order valence-electron chi connectivity index (χ3n) is 4.68. The van der Waals surface area contributed by atoms with Crippen molar-refractivity contribution in [2.75, 3.05) is 20.3 Å². The number of thiophene rings is 1. The van der Waals surface area contributed by atoms with E-state index in [1.54, 1.807) is 24.6 Å². The maximum Gasteiger partial charge on any atom is 0.130 e. The lowest BCUT2D eigenvalue weighted by Gasteiger charge is -2.29. The fraction of sp³-hybridized carbons (Fsp3) is 0.227. The molecule has 5 heteroatoms. The van der Waals surface area contributed by atoms with Crippen LogP contribution in [-0.2, 0) is 0 Å². The van der Waals surface area contributed by atoms with E-state index in [1.807, 2.05) is 24.3 Å². The molecule has 0 radical (unpaired) electrons. The van der Waals surface area contributed by atoms with Crippen LogP contribution in [0.3, 0.4) is 0 Å². The van der Waals surface area contributed by atoms with Gasteiger partial charge in [0.2, 0.25) is 0 Å². The fourth-order valence-electron chi connectivity index (χ4n) is 3.13. The summed E-state index contributed by atoms with van der Waals surface area (Å²) in [4.78, 5) is 8.03. The molecule has 138 valence electrons. The predicted octanol–water partition coefficient (Wildman–Crippen LogP) is 4.99. The van der Waals surface area contributed by atoms with Gasteiger partial charge in [-0.15, -0.1) is 11.3 Å². The predicted molar refractivity (Wildman–Crippen MR) is 111 cm³/mol. The summed E-state index contributed by atoms with van der Waals surface area (Å²) in [6.07, 6.45) is 8.41. The molecule has 0 bridgehead atoms. The Morgan fingerprint density at radius 2 is 2.19 bits per heavy atom. The molecule has 2 aromatic heterocycles. The number of methoxy groups -OCH3 is 1. The molecule has 0 spiro atoms. The summed E-state index contributed by atoms with van der Waals surface area (Å²) >= 11 is 1.76. The van der Waals surface area contributed by atoms with Crippen LogP contribution in [0.1, 0.15) is 11.8 Å². The summed E-state index contributed by atoms with van der Waals surface area (Å²) < 4.78 is 11.4. The van der Waals surface area contributed by atoms with Crippen molar-refractivity contribution in [1.82, 2.24) is 9.88 Å². The van der Waals surface area contributed by atoms with E-state index in [1.165, 1.54) is 10.5 Å². The summed E-state index contributed by atoms with van der Waals surface area (Å²) in [5.74, 6) is 1.65. The maximum absolute atomic E-state index is 6.16. The number of rotatable bonds is 6. The van der Waals surface area contributed by atoms with Gasteiger partial charge in [-0.3, -0.25) is 4.98 Å². The van der Waals surface area contributed by atoms with Crippen LogP contribution in [0.15, 0.2) is 66.3 Å². The van der Waals surface area contributed by atoms with Gasteiger partial charge in [0.15, 0.2) is 0 Å². The average Bonchev–Trinajstić information content (AvgIpc) is 3.26. The van der Waals surface area contributed by atoms with Crippen LogP contribution < -0.4 is 9.47 Å². The van der Waals surface area contributed by atoms with Crippen molar-refractivity contribution < 1.29 is 9.47 Å². The highest BCUT2D eigenvalue weighted by Gasteiger charge is 2.15. The van der Waals surface area contributed by atoms with Gasteiger partial charge >= 0.3 is 0 Å². The second kappa shape index (κ2) is 7.84. The summed E-state index contributed by atoms with van der Waals surface area (Å²) in [5, 5.41) is 3.11. The van der Waals surface area contributed by atoms with Crippen LogP contribution in [-0.4, -0.2) is 36.2 Å². The minimum Gasteiger partial charge on any atom is -0.497 e. The molecule has 0 saturated carbocycles. The molecule has 0 aliphatic carbocycles. The first kappa shape index (κ1) is 17.6. The van der Waals surface area contributed by atoms with Gasteiger partial charge < -0.3 is 14.4 Å². The zero-order chi connectivity index (χ0) is 18.6. The van der Waals surface area contributed by atoms with E-state index in [-0.39, 0.29) is 6.04 Å². The molecule has 4 rings (SSSR count). The Morgan fingerprint density at radius 1 is 1.26 bits per heavy atom. The van der Waals surface area contributed by atoms with Gasteiger partial charge in [0.1, 0.15) is 18.1 Å². The Kier molecular flexibility index (Phi) is 5.12. The van der Waals surface area contributed by atoms with Gasteiger partial charge in [-0.2, -0.15) is 0 Å². The number of nitrogens with zero attached hydrogens (tertiary/aromatic N) is 2. The minimum absolute atomic E-state index is 0.256. The number of aromatic nitrogens is 1. The van der Waals surface area contributed by atoms with E-state index in [2.05, 4.69) is 52.7 Å². The standard InChI is InChI=1S/C22H22N2O2S/c1-16(24-11-3-5-17(14-24)22-6-4-12-27-22)15-26-21-9-10-23-20-13-18(25-2)7-8-19(20)21/h3-10,12-14,16H,11,15H2,1-2H3. The highest BCUT2D eigenvalue weighted by Crippen LogP contribution is 2.28. The van der Waals surface area contributed by atoms with Crippen molar-refractivity contribution in [3.63, 3.8) is 0 Å². The summed E-state index contributed by atoms with van der Waals surface area (Å²) in [7, 11) is 1.66. The SMILES string of the molecule is COc1ccc2c(OCC(C)N3C=C(c4cccs4)C=CC3)ccnc2c1. The molecule has 27 heavy (non-hydrogen) atoms. The van der Waals surface area contributed by atoms with Gasteiger partial charge in [0.25, 0.3) is 0 Å². The number of allylic oxidation sites excluding steroid dienone is 2. The molecular weight excluding hydrogens is 356 g/mol. The van der Waals surface area contributed by atoms with Crippen LogP contribution in [0.25, 0.3) is 16.5 Å². The quantitative estimate of drug-likeness (QED) is 0.606. The number of fused-ring (bicyclic) bond motifs is 1. The van der Waals surface area contributed by atoms with Gasteiger partial charge in [-0.1, -0.05) is 18.2 Å². The van der Waals surface area contributed by atoms with Crippen molar-refractivity contribution in [3.05, 3.63) is 71.2 Å². The van der Waals surface area contributed by atoms with E-state index < -0.39 is 0 Å². The summed E-state index contributed by atoms with van der Waals surface area (Å²) in [6.45, 7) is 3.69. The second-order valence-electron chi connectivity index (χ2n) is 6.51. The smallest absolute Gasteiger partial charge is 0.130 e. The Bertz CT molecular complexity index is 979. The van der Waals surface area contributed by atoms with Crippen LogP contribution in [0.2, 0.25) is 0 Å². The van der Waals surface area contributed by atoms with Crippen LogP contribution >= 0.6 is 11.3 Å². The summed E-state index contributed by atoms with van der Waals surface area (Å²) in [5.41, 5.74) is 2.13. The largest absolute Gasteiger partial charge is 0.497 e. The molecule has 1 aliphatic rings. The molecule has 1 aromatic carbocycles. The Labute approximate surface area is 163 Å². The molecule has 3 aromatic rings. The van der Waals surface area contributed by atoms with Crippen molar-refractivity contribution in [3.8, 4) is 11.5 Å². The molecule has 1 atom stereocenters. The van der Waals surface area contributed by atoms with Gasteiger partial charge in [0, 0.05) is 40.8 Å². The summed E-state index contributed by atoms with van der Waals surface area (Å²) in [6, 6.07) is 12.3. The zero-order valence-electron chi connectivity index (χ0n) is 15.5. The number of pyridine rings is 1. The van der Waals surface area contributed by atoms with Crippen molar-refractivity contribution in [1.29, 1.82) is 0 Å². The lowest BCUT2D eigenvalue weighted by atomic mass is 10.1. The topological polar surface area (TPSA) is 34.6 Å². The lowest BCUT2D eigenvalue weighted by molar-refractivity contribution is 0.203. The van der Waals surface area contributed by atoms with Gasteiger partial charge in [0.05, 0.1) is 18.7 Å². The molecule has 4 nitrogen and oxygen atoms in total. The van der Waals surface area contributed by atoms with Crippen molar-refractivity contribution in [2.45, 2.75) is 13.0 Å².